The zero-order valence-electron chi connectivity index (χ0n) is 11.3. The number of carbonyl (C=O) groups is 2. The number of carbonyl (C=O) groups excluding carboxylic acids is 1. The zero-order valence-corrected chi connectivity index (χ0v) is 11.3. The van der Waals surface area contributed by atoms with E-state index in [4.69, 9.17) is 14.6 Å². The van der Waals surface area contributed by atoms with Gasteiger partial charge in [0.05, 0.1) is 0 Å². The van der Waals surface area contributed by atoms with E-state index in [-0.39, 0.29) is 18.5 Å². The van der Waals surface area contributed by atoms with Crippen LogP contribution in [-0.2, 0) is 20.9 Å². The third-order valence-corrected chi connectivity index (χ3v) is 2.51. The van der Waals surface area contributed by atoms with E-state index in [0.717, 1.165) is 12.1 Å². The summed E-state index contributed by atoms with van der Waals surface area (Å²) in [5, 5.41) is 10.1. The van der Waals surface area contributed by atoms with Crippen LogP contribution in [0.1, 0.15) is 37.9 Å². The molecule has 0 saturated heterocycles. The highest BCUT2D eigenvalue weighted by molar-refractivity contribution is 5.79. The van der Waals surface area contributed by atoms with Gasteiger partial charge in [-0.2, -0.15) is 0 Å². The van der Waals surface area contributed by atoms with Crippen molar-refractivity contribution in [1.29, 1.82) is 0 Å². The quantitative estimate of drug-likeness (QED) is 0.599. The van der Waals surface area contributed by atoms with E-state index in [2.05, 4.69) is 5.32 Å². The van der Waals surface area contributed by atoms with Crippen LogP contribution >= 0.6 is 0 Å². The highest BCUT2D eigenvalue weighted by Gasteiger charge is 2.31. The first-order chi connectivity index (χ1) is 8.89. The van der Waals surface area contributed by atoms with E-state index in [0.29, 0.717) is 0 Å². The Morgan fingerprint density at radius 1 is 1.42 bits per heavy atom. The van der Waals surface area contributed by atoms with E-state index >= 15 is 0 Å². The standard InChI is InChI=1S/C13H17NO2.CH2O2/c1-13(2,3)16-12(15)11-10-7-5-4-6-9(10)8-14-11;2-1-3/h4-7,11,14H,8H2,1-3H3;1H,(H,2,3). The first kappa shape index (κ1) is 15.2. The Labute approximate surface area is 112 Å². The van der Waals surface area contributed by atoms with Gasteiger partial charge in [-0.1, -0.05) is 24.3 Å². The average molecular weight is 265 g/mol. The fourth-order valence-electron chi connectivity index (χ4n) is 1.87. The highest BCUT2D eigenvalue weighted by Crippen LogP contribution is 2.27. The maximum Gasteiger partial charge on any atom is 0.328 e. The molecule has 0 fully saturated rings. The van der Waals surface area contributed by atoms with Crippen molar-refractivity contribution < 1.29 is 19.4 Å². The van der Waals surface area contributed by atoms with Crippen LogP contribution < -0.4 is 5.32 Å². The van der Waals surface area contributed by atoms with E-state index in [1.54, 1.807) is 0 Å². The van der Waals surface area contributed by atoms with Crippen LogP contribution in [0, 0.1) is 0 Å². The van der Waals surface area contributed by atoms with E-state index in [1.165, 1.54) is 5.56 Å². The molecule has 2 rings (SSSR count). The molecule has 104 valence electrons. The Morgan fingerprint density at radius 2 is 2.00 bits per heavy atom. The molecule has 0 spiro atoms. The minimum absolute atomic E-state index is 0.197. The summed E-state index contributed by atoms with van der Waals surface area (Å²) in [6.07, 6.45) is 0. The third kappa shape index (κ3) is 4.37. The predicted octanol–water partition coefficient (Wildman–Crippen LogP) is 1.87. The summed E-state index contributed by atoms with van der Waals surface area (Å²) in [5.74, 6) is -0.197. The molecule has 5 nitrogen and oxygen atoms in total. The van der Waals surface area contributed by atoms with Crippen LogP contribution in [0.3, 0.4) is 0 Å². The maximum absolute atomic E-state index is 11.9. The largest absolute Gasteiger partial charge is 0.483 e. The molecule has 1 aromatic carbocycles. The molecule has 1 atom stereocenters. The lowest BCUT2D eigenvalue weighted by molar-refractivity contribution is -0.157. The van der Waals surface area contributed by atoms with Crippen LogP contribution in [0.4, 0.5) is 0 Å². The average Bonchev–Trinajstić information content (AvgIpc) is 2.71. The summed E-state index contributed by atoms with van der Waals surface area (Å²) in [6, 6.07) is 7.63. The van der Waals surface area contributed by atoms with Gasteiger partial charge in [0.25, 0.3) is 6.47 Å². The smallest absolute Gasteiger partial charge is 0.328 e. The molecule has 0 aliphatic carbocycles. The van der Waals surface area contributed by atoms with Crippen LogP contribution in [0.2, 0.25) is 0 Å². The Hall–Kier alpha value is -1.88. The fraction of sp³-hybridized carbons (Fsp3) is 0.429. The van der Waals surface area contributed by atoms with Crippen LogP contribution in [0.15, 0.2) is 24.3 Å². The lowest BCUT2D eigenvalue weighted by atomic mass is 10.1. The Bertz CT molecular complexity index is 451. The molecule has 1 aromatic rings. The highest BCUT2D eigenvalue weighted by atomic mass is 16.6. The van der Waals surface area contributed by atoms with Gasteiger partial charge in [0.2, 0.25) is 0 Å². The summed E-state index contributed by atoms with van der Waals surface area (Å²) in [7, 11) is 0. The number of fused-ring (bicyclic) bond motifs is 1. The fourth-order valence-corrected chi connectivity index (χ4v) is 1.87. The summed E-state index contributed by atoms with van der Waals surface area (Å²) < 4.78 is 5.38. The van der Waals surface area contributed by atoms with Gasteiger partial charge < -0.3 is 9.84 Å². The summed E-state index contributed by atoms with van der Waals surface area (Å²) in [5.41, 5.74) is 1.78. The second-order valence-electron chi connectivity index (χ2n) is 5.15. The number of benzene rings is 1. The van der Waals surface area contributed by atoms with E-state index < -0.39 is 5.60 Å². The van der Waals surface area contributed by atoms with Gasteiger partial charge in [0, 0.05) is 6.54 Å². The molecule has 1 unspecified atom stereocenters. The molecule has 0 saturated carbocycles. The van der Waals surface area contributed by atoms with E-state index in [1.807, 2.05) is 45.0 Å². The molecule has 5 heteroatoms. The van der Waals surface area contributed by atoms with Crippen molar-refractivity contribution in [3.05, 3.63) is 35.4 Å². The first-order valence-corrected chi connectivity index (χ1v) is 6.01. The lowest BCUT2D eigenvalue weighted by Crippen LogP contribution is -2.31. The van der Waals surface area contributed by atoms with Crippen LogP contribution in [-0.4, -0.2) is 23.1 Å². The number of nitrogens with one attached hydrogen (secondary N) is 1. The van der Waals surface area contributed by atoms with Crippen molar-refractivity contribution in [2.75, 3.05) is 0 Å². The van der Waals surface area contributed by atoms with E-state index in [9.17, 15) is 4.79 Å². The lowest BCUT2D eigenvalue weighted by Gasteiger charge is -2.22. The van der Waals surface area contributed by atoms with Gasteiger partial charge in [0.1, 0.15) is 11.6 Å². The maximum atomic E-state index is 11.9. The van der Waals surface area contributed by atoms with Gasteiger partial charge >= 0.3 is 5.97 Å². The summed E-state index contributed by atoms with van der Waals surface area (Å²) in [4.78, 5) is 20.3. The number of esters is 1. The number of ether oxygens (including phenoxy) is 1. The Morgan fingerprint density at radius 3 is 2.58 bits per heavy atom. The molecule has 1 aliphatic heterocycles. The Kier molecular flexibility index (Phi) is 5.06. The summed E-state index contributed by atoms with van der Waals surface area (Å²) >= 11 is 0. The minimum Gasteiger partial charge on any atom is -0.483 e. The third-order valence-electron chi connectivity index (χ3n) is 2.51. The van der Waals surface area contributed by atoms with Crippen molar-refractivity contribution in [2.24, 2.45) is 0 Å². The molecule has 1 aliphatic rings. The number of carboxylic acid groups (broad SMARTS) is 1. The zero-order chi connectivity index (χ0) is 14.5. The van der Waals surface area contributed by atoms with Crippen molar-refractivity contribution in [1.82, 2.24) is 5.32 Å². The van der Waals surface area contributed by atoms with Crippen molar-refractivity contribution in [2.45, 2.75) is 39.0 Å². The molecule has 0 aromatic heterocycles. The van der Waals surface area contributed by atoms with Crippen molar-refractivity contribution in [3.63, 3.8) is 0 Å². The minimum atomic E-state index is -0.434. The monoisotopic (exact) mass is 265 g/mol. The molecule has 19 heavy (non-hydrogen) atoms. The molecular weight excluding hydrogens is 246 g/mol. The molecule has 1 heterocycles. The predicted molar refractivity (Wildman–Crippen MR) is 70.6 cm³/mol. The molecule has 0 radical (unpaired) electrons. The van der Waals surface area contributed by atoms with Crippen molar-refractivity contribution in [3.8, 4) is 0 Å². The van der Waals surface area contributed by atoms with Gasteiger partial charge in [-0.05, 0) is 31.9 Å². The number of hydrogen-bond donors (Lipinski definition) is 2. The molecule has 2 N–H and O–H groups in total. The molecular formula is C14H19NO4. The van der Waals surface area contributed by atoms with Crippen LogP contribution in [0.5, 0.6) is 0 Å². The van der Waals surface area contributed by atoms with Gasteiger partial charge in [-0.25, -0.2) is 4.79 Å². The van der Waals surface area contributed by atoms with Crippen LogP contribution in [0.25, 0.3) is 0 Å². The molecule has 0 bridgehead atoms. The summed E-state index contributed by atoms with van der Waals surface area (Å²) in [6.45, 7) is 6.13. The first-order valence-electron chi connectivity index (χ1n) is 6.01. The second-order valence-corrected chi connectivity index (χ2v) is 5.15. The van der Waals surface area contributed by atoms with Gasteiger partial charge in [-0.3, -0.25) is 10.1 Å². The molecule has 0 amide bonds. The number of hydrogen-bond acceptors (Lipinski definition) is 4. The second kappa shape index (κ2) is 6.33. The topological polar surface area (TPSA) is 75.6 Å². The normalized spacial score (nSPS) is 16.9. The number of rotatable bonds is 1. The van der Waals surface area contributed by atoms with Crippen molar-refractivity contribution >= 4 is 12.4 Å². The van der Waals surface area contributed by atoms with Gasteiger partial charge in [-0.15, -0.1) is 0 Å². The SMILES string of the molecule is CC(C)(C)OC(=O)C1NCc2ccccc21.O=CO. The Balaban J connectivity index is 0.000000550. The van der Waals surface area contributed by atoms with Gasteiger partial charge in [0.15, 0.2) is 0 Å².